The first kappa shape index (κ1) is 8.91. The molecule has 0 aromatic heterocycles. The van der Waals surface area contributed by atoms with Crippen molar-refractivity contribution in [3.8, 4) is 0 Å². The van der Waals surface area contributed by atoms with Crippen LogP contribution in [0.3, 0.4) is 0 Å². The zero-order valence-corrected chi connectivity index (χ0v) is 7.94. The molecule has 0 saturated carbocycles. The lowest BCUT2D eigenvalue weighted by Gasteiger charge is -2.08. The Kier molecular flexibility index (Phi) is 2.97. The quantitative estimate of drug-likeness (QED) is 0.717. The van der Waals surface area contributed by atoms with E-state index >= 15 is 0 Å². The van der Waals surface area contributed by atoms with Crippen LogP contribution in [0.2, 0.25) is 0 Å². The van der Waals surface area contributed by atoms with Crippen molar-refractivity contribution in [3.63, 3.8) is 0 Å². The summed E-state index contributed by atoms with van der Waals surface area (Å²) in [6, 6.07) is 6.31. The van der Waals surface area contributed by atoms with Crippen LogP contribution in [0.25, 0.3) is 0 Å². The number of benzene rings is 1. The number of hydrogen-bond donors (Lipinski definition) is 2. The van der Waals surface area contributed by atoms with Crippen LogP contribution in [0.1, 0.15) is 12.5 Å². The smallest absolute Gasteiger partial charge is 0.0371 e. The Labute approximate surface area is 74.0 Å². The van der Waals surface area contributed by atoms with Crippen molar-refractivity contribution in [1.29, 1.82) is 0 Å². The first-order valence-corrected chi connectivity index (χ1v) is 4.30. The van der Waals surface area contributed by atoms with Crippen molar-refractivity contribution < 1.29 is 0 Å². The molecule has 1 aromatic carbocycles. The van der Waals surface area contributed by atoms with Crippen molar-refractivity contribution >= 4 is 11.4 Å². The van der Waals surface area contributed by atoms with Gasteiger partial charge in [0.25, 0.3) is 0 Å². The van der Waals surface area contributed by atoms with Crippen molar-refractivity contribution in [3.05, 3.63) is 23.8 Å². The molecule has 1 rings (SSSR count). The molecule has 12 heavy (non-hydrogen) atoms. The highest BCUT2D eigenvalue weighted by Crippen LogP contribution is 2.18. The van der Waals surface area contributed by atoms with E-state index in [0.29, 0.717) is 0 Å². The largest absolute Gasteiger partial charge is 0.388 e. The summed E-state index contributed by atoms with van der Waals surface area (Å²) in [6.07, 6.45) is 0. The molecule has 0 amide bonds. The Hall–Kier alpha value is -1.18. The maximum Gasteiger partial charge on any atom is 0.0371 e. The summed E-state index contributed by atoms with van der Waals surface area (Å²) in [5.74, 6) is 0. The molecule has 0 aliphatic carbocycles. The summed E-state index contributed by atoms with van der Waals surface area (Å²) in [4.78, 5) is 0. The third kappa shape index (κ3) is 1.91. The Bertz CT molecular complexity index is 256. The van der Waals surface area contributed by atoms with E-state index in [9.17, 15) is 0 Å². The van der Waals surface area contributed by atoms with Crippen molar-refractivity contribution in [2.24, 2.45) is 0 Å². The van der Waals surface area contributed by atoms with Crippen molar-refractivity contribution in [1.82, 2.24) is 0 Å². The van der Waals surface area contributed by atoms with Gasteiger partial charge in [-0.3, -0.25) is 0 Å². The number of anilines is 2. The summed E-state index contributed by atoms with van der Waals surface area (Å²) < 4.78 is 0. The zero-order chi connectivity index (χ0) is 8.97. The van der Waals surface area contributed by atoms with Crippen LogP contribution >= 0.6 is 0 Å². The Morgan fingerprint density at radius 1 is 1.33 bits per heavy atom. The molecule has 2 nitrogen and oxygen atoms in total. The summed E-state index contributed by atoms with van der Waals surface area (Å²) >= 11 is 0. The molecule has 0 aliphatic rings. The highest BCUT2D eigenvalue weighted by atomic mass is 14.9. The highest BCUT2D eigenvalue weighted by Gasteiger charge is 1.96. The van der Waals surface area contributed by atoms with Gasteiger partial charge in [-0.1, -0.05) is 0 Å². The van der Waals surface area contributed by atoms with Gasteiger partial charge < -0.3 is 10.6 Å². The minimum Gasteiger partial charge on any atom is -0.388 e. The first-order valence-electron chi connectivity index (χ1n) is 4.30. The second-order valence-electron chi connectivity index (χ2n) is 2.81. The third-order valence-corrected chi connectivity index (χ3v) is 1.88. The summed E-state index contributed by atoms with van der Waals surface area (Å²) in [6.45, 7) is 5.18. The van der Waals surface area contributed by atoms with Gasteiger partial charge in [-0.15, -0.1) is 0 Å². The Morgan fingerprint density at radius 2 is 2.08 bits per heavy atom. The van der Waals surface area contributed by atoms with E-state index in [4.69, 9.17) is 0 Å². The molecule has 0 unspecified atom stereocenters. The van der Waals surface area contributed by atoms with Crippen LogP contribution in [0.5, 0.6) is 0 Å². The number of aryl methyl sites for hydroxylation is 1. The molecule has 1 aromatic rings. The van der Waals surface area contributed by atoms with E-state index in [1.165, 1.54) is 11.3 Å². The molecule has 0 spiro atoms. The van der Waals surface area contributed by atoms with E-state index in [-0.39, 0.29) is 0 Å². The predicted molar refractivity (Wildman–Crippen MR) is 54.9 cm³/mol. The fourth-order valence-electron chi connectivity index (χ4n) is 1.21. The van der Waals surface area contributed by atoms with E-state index in [0.717, 1.165) is 12.2 Å². The topological polar surface area (TPSA) is 24.1 Å². The lowest BCUT2D eigenvalue weighted by atomic mass is 10.2. The molecule has 0 atom stereocenters. The lowest BCUT2D eigenvalue weighted by Crippen LogP contribution is -1.99. The van der Waals surface area contributed by atoms with Crippen LogP contribution in [0.4, 0.5) is 11.4 Å². The highest BCUT2D eigenvalue weighted by molar-refractivity contribution is 5.58. The number of nitrogens with one attached hydrogen (secondary N) is 2. The number of hydrogen-bond acceptors (Lipinski definition) is 2. The molecule has 2 N–H and O–H groups in total. The first-order chi connectivity index (χ1) is 5.77. The SMILES string of the molecule is CCNc1ccc(NC)cc1C. The Balaban J connectivity index is 2.87. The van der Waals surface area contributed by atoms with Gasteiger partial charge in [-0.05, 0) is 37.6 Å². The van der Waals surface area contributed by atoms with Crippen LogP contribution in [-0.2, 0) is 0 Å². The molecule has 0 saturated heterocycles. The van der Waals surface area contributed by atoms with Gasteiger partial charge in [0.2, 0.25) is 0 Å². The minimum absolute atomic E-state index is 0.972. The monoisotopic (exact) mass is 164 g/mol. The lowest BCUT2D eigenvalue weighted by molar-refractivity contribution is 1.20. The maximum absolute atomic E-state index is 3.30. The van der Waals surface area contributed by atoms with Gasteiger partial charge >= 0.3 is 0 Å². The maximum atomic E-state index is 3.30. The molecule has 2 heteroatoms. The average molecular weight is 164 g/mol. The fourth-order valence-corrected chi connectivity index (χ4v) is 1.21. The van der Waals surface area contributed by atoms with Crippen LogP contribution in [0.15, 0.2) is 18.2 Å². The molecule has 0 heterocycles. The zero-order valence-electron chi connectivity index (χ0n) is 7.94. The van der Waals surface area contributed by atoms with E-state index in [1.807, 2.05) is 7.05 Å². The Morgan fingerprint density at radius 3 is 2.58 bits per heavy atom. The summed E-state index contributed by atoms with van der Waals surface area (Å²) in [5.41, 5.74) is 3.66. The van der Waals surface area contributed by atoms with Crippen LogP contribution < -0.4 is 10.6 Å². The molecular weight excluding hydrogens is 148 g/mol. The molecule has 0 aliphatic heterocycles. The average Bonchev–Trinajstić information content (AvgIpc) is 2.09. The van der Waals surface area contributed by atoms with E-state index < -0.39 is 0 Å². The fraction of sp³-hybridized carbons (Fsp3) is 0.400. The summed E-state index contributed by atoms with van der Waals surface area (Å²) in [5, 5.41) is 6.41. The molecule has 0 bridgehead atoms. The standard InChI is InChI=1S/C10H16N2/c1-4-12-10-6-5-9(11-3)7-8(10)2/h5-7,11-12H,4H2,1-3H3. The number of rotatable bonds is 3. The second-order valence-corrected chi connectivity index (χ2v) is 2.81. The molecule has 0 fully saturated rings. The molecule has 66 valence electrons. The van der Waals surface area contributed by atoms with Crippen LogP contribution in [0, 0.1) is 6.92 Å². The van der Waals surface area contributed by atoms with Gasteiger partial charge in [0, 0.05) is 25.0 Å². The van der Waals surface area contributed by atoms with Crippen LogP contribution in [-0.4, -0.2) is 13.6 Å². The van der Waals surface area contributed by atoms with Gasteiger partial charge in [-0.25, -0.2) is 0 Å². The van der Waals surface area contributed by atoms with E-state index in [2.05, 4.69) is 42.7 Å². The second kappa shape index (κ2) is 4.00. The molecule has 0 radical (unpaired) electrons. The predicted octanol–water partition coefficient (Wildman–Crippen LogP) is 2.47. The van der Waals surface area contributed by atoms with Crippen molar-refractivity contribution in [2.45, 2.75) is 13.8 Å². The summed E-state index contributed by atoms with van der Waals surface area (Å²) in [7, 11) is 1.93. The van der Waals surface area contributed by atoms with Gasteiger partial charge in [0.15, 0.2) is 0 Å². The van der Waals surface area contributed by atoms with Gasteiger partial charge in [0.05, 0.1) is 0 Å². The van der Waals surface area contributed by atoms with Gasteiger partial charge in [-0.2, -0.15) is 0 Å². The third-order valence-electron chi connectivity index (χ3n) is 1.88. The van der Waals surface area contributed by atoms with Crippen molar-refractivity contribution in [2.75, 3.05) is 24.2 Å². The van der Waals surface area contributed by atoms with E-state index in [1.54, 1.807) is 0 Å². The molecular formula is C10H16N2. The van der Waals surface area contributed by atoms with Gasteiger partial charge in [0.1, 0.15) is 0 Å². The normalized spacial score (nSPS) is 9.58. The minimum atomic E-state index is 0.972.